The molecule has 1 aliphatic heterocycles. The highest BCUT2D eigenvalue weighted by Gasteiger charge is 2.28. The average Bonchev–Trinajstić information content (AvgIpc) is 3.42. The predicted molar refractivity (Wildman–Crippen MR) is 126 cm³/mol. The van der Waals surface area contributed by atoms with Gasteiger partial charge >= 0.3 is 5.97 Å². The van der Waals surface area contributed by atoms with Gasteiger partial charge in [-0.25, -0.2) is 0 Å². The molecule has 1 aliphatic rings. The second-order valence-corrected chi connectivity index (χ2v) is 8.30. The number of aromatic nitrogens is 2. The van der Waals surface area contributed by atoms with E-state index in [1.54, 1.807) is 23.2 Å². The highest BCUT2D eigenvalue weighted by molar-refractivity contribution is 6.04. The molecule has 0 spiro atoms. The van der Waals surface area contributed by atoms with Crippen molar-refractivity contribution in [3.05, 3.63) is 66.0 Å². The smallest absolute Gasteiger partial charge is 0.305 e. The summed E-state index contributed by atoms with van der Waals surface area (Å²) in [4.78, 5) is 38.1. The number of ketones is 1. The van der Waals surface area contributed by atoms with Gasteiger partial charge in [0.05, 0.1) is 31.0 Å². The van der Waals surface area contributed by atoms with E-state index >= 15 is 0 Å². The van der Waals surface area contributed by atoms with E-state index < -0.39 is 0 Å². The van der Waals surface area contributed by atoms with Crippen LogP contribution in [0.15, 0.2) is 54.9 Å². The molecule has 0 saturated carbocycles. The van der Waals surface area contributed by atoms with Crippen LogP contribution in [0.1, 0.15) is 67.8 Å². The summed E-state index contributed by atoms with van der Waals surface area (Å²) in [5.74, 6) is -0.112. The van der Waals surface area contributed by atoms with Crippen LogP contribution in [0.2, 0.25) is 0 Å². The Kier molecular flexibility index (Phi) is 9.42. The maximum atomic E-state index is 12.6. The second-order valence-electron chi connectivity index (χ2n) is 8.30. The molecule has 1 fully saturated rings. The van der Waals surface area contributed by atoms with Gasteiger partial charge in [-0.1, -0.05) is 49.2 Å². The van der Waals surface area contributed by atoms with Crippen molar-refractivity contribution in [3.8, 4) is 0 Å². The van der Waals surface area contributed by atoms with Crippen LogP contribution in [0.4, 0.5) is 0 Å². The van der Waals surface area contributed by atoms with Crippen LogP contribution in [-0.2, 0) is 20.9 Å². The fourth-order valence-corrected chi connectivity index (χ4v) is 4.03. The summed E-state index contributed by atoms with van der Waals surface area (Å²) in [7, 11) is 0. The molecule has 1 atom stereocenters. The van der Waals surface area contributed by atoms with E-state index in [9.17, 15) is 14.4 Å². The van der Waals surface area contributed by atoms with Crippen molar-refractivity contribution in [2.45, 2.75) is 64.5 Å². The van der Waals surface area contributed by atoms with Gasteiger partial charge in [0, 0.05) is 25.6 Å². The van der Waals surface area contributed by atoms with Crippen molar-refractivity contribution in [1.29, 1.82) is 0 Å². The monoisotopic (exact) mass is 451 g/mol. The number of hydrogen-bond donors (Lipinski definition) is 0. The lowest BCUT2D eigenvalue weighted by molar-refractivity contribution is -0.143. The Balaban J connectivity index is 1.44. The number of nitrogens with zero attached hydrogens (tertiary/aromatic N) is 3. The fraction of sp³-hybridized carbons (Fsp3) is 0.462. The molecule has 7 nitrogen and oxygen atoms in total. The molecule has 2 heterocycles. The lowest BCUT2D eigenvalue weighted by atomic mass is 10.1. The Morgan fingerprint density at radius 1 is 1.15 bits per heavy atom. The van der Waals surface area contributed by atoms with E-state index in [1.807, 2.05) is 48.2 Å². The first-order valence-electron chi connectivity index (χ1n) is 11.8. The number of likely N-dealkylation sites (tertiary alicyclic amines) is 1. The molecule has 2 aromatic rings. The van der Waals surface area contributed by atoms with Gasteiger partial charge in [-0.3, -0.25) is 19.1 Å². The van der Waals surface area contributed by atoms with Crippen LogP contribution in [0.3, 0.4) is 0 Å². The van der Waals surface area contributed by atoms with E-state index in [0.29, 0.717) is 38.1 Å². The Labute approximate surface area is 195 Å². The minimum Gasteiger partial charge on any atom is -0.466 e. The van der Waals surface area contributed by atoms with E-state index in [4.69, 9.17) is 4.74 Å². The molecule has 1 aromatic heterocycles. The first-order chi connectivity index (χ1) is 16.1. The summed E-state index contributed by atoms with van der Waals surface area (Å²) in [5, 5.41) is 4.29. The topological polar surface area (TPSA) is 81.5 Å². The summed E-state index contributed by atoms with van der Waals surface area (Å²) in [6.45, 7) is 3.52. The van der Waals surface area contributed by atoms with E-state index in [2.05, 4.69) is 5.10 Å². The van der Waals surface area contributed by atoms with Gasteiger partial charge in [0.2, 0.25) is 5.91 Å². The molecule has 3 rings (SSSR count). The normalized spacial score (nSPS) is 16.0. The lowest BCUT2D eigenvalue weighted by Crippen LogP contribution is -2.32. The Bertz CT molecular complexity index is 951. The summed E-state index contributed by atoms with van der Waals surface area (Å²) in [6, 6.07) is 9.93. The van der Waals surface area contributed by atoms with Crippen LogP contribution >= 0.6 is 0 Å². The first-order valence-corrected chi connectivity index (χ1v) is 11.8. The zero-order valence-electron chi connectivity index (χ0n) is 19.3. The van der Waals surface area contributed by atoms with E-state index in [1.165, 1.54) is 0 Å². The second kappa shape index (κ2) is 12.7. The number of carbonyl (C=O) groups excluding carboxylic acids is 3. The molecule has 0 unspecified atom stereocenters. The summed E-state index contributed by atoms with van der Waals surface area (Å²) in [6.07, 6.45) is 12.1. The number of esters is 1. The number of hydrogen-bond acceptors (Lipinski definition) is 5. The molecule has 176 valence electrons. The number of allylic oxidation sites excluding steroid dienone is 1. The van der Waals surface area contributed by atoms with Gasteiger partial charge in [0.25, 0.3) is 0 Å². The molecule has 1 amide bonds. The number of amides is 1. The third-order valence-electron chi connectivity index (χ3n) is 5.78. The molecule has 1 aromatic carbocycles. The van der Waals surface area contributed by atoms with Gasteiger partial charge in [-0.05, 0) is 37.8 Å². The molecular formula is C26H33N3O4. The number of rotatable bonds is 13. The quantitative estimate of drug-likeness (QED) is 0.198. The Hall–Kier alpha value is -3.22. The minimum atomic E-state index is -0.146. The van der Waals surface area contributed by atoms with E-state index in [0.717, 1.165) is 37.7 Å². The number of ether oxygens (including phenoxy) is 1. The predicted octanol–water partition coefficient (Wildman–Crippen LogP) is 4.17. The van der Waals surface area contributed by atoms with Crippen LogP contribution in [0.5, 0.6) is 0 Å². The summed E-state index contributed by atoms with van der Waals surface area (Å²) >= 11 is 0. The third-order valence-corrected chi connectivity index (χ3v) is 5.78. The van der Waals surface area contributed by atoms with Crippen molar-refractivity contribution in [1.82, 2.24) is 14.7 Å². The van der Waals surface area contributed by atoms with Crippen molar-refractivity contribution in [2.75, 3.05) is 13.2 Å². The van der Waals surface area contributed by atoms with Crippen LogP contribution in [0, 0.1) is 0 Å². The van der Waals surface area contributed by atoms with Crippen molar-refractivity contribution in [3.63, 3.8) is 0 Å². The third kappa shape index (κ3) is 7.70. The number of carbonyl (C=O) groups is 3. The van der Waals surface area contributed by atoms with E-state index in [-0.39, 0.29) is 23.7 Å². The average molecular weight is 452 g/mol. The number of benzene rings is 1. The van der Waals surface area contributed by atoms with Crippen molar-refractivity contribution >= 4 is 17.7 Å². The van der Waals surface area contributed by atoms with Gasteiger partial charge in [-0.2, -0.15) is 5.10 Å². The highest BCUT2D eigenvalue weighted by atomic mass is 16.5. The molecular weight excluding hydrogens is 418 g/mol. The number of unbranched alkanes of at least 4 members (excludes halogenated alkanes) is 3. The maximum Gasteiger partial charge on any atom is 0.305 e. The van der Waals surface area contributed by atoms with Crippen LogP contribution < -0.4 is 0 Å². The standard InChI is InChI=1S/C26H33N3O4/c1-2-33-26(32)12-8-3-4-9-17-29-23(14-16-25(29)31)13-15-24(30)22-18-27-28(20-22)19-21-10-6-5-7-11-21/h5-7,10-11,13,15,18,20,23H,2-4,8-9,12,14,16-17,19H2,1H3/b15-13+/t23-/m0/s1. The SMILES string of the molecule is CCOC(=O)CCCCCCN1C(=O)CC[C@@H]1/C=C/C(=O)c1cnn(Cc2ccccc2)c1. The fourth-order valence-electron chi connectivity index (χ4n) is 4.03. The van der Waals surface area contributed by atoms with Crippen LogP contribution in [-0.4, -0.2) is 51.5 Å². The Morgan fingerprint density at radius 3 is 2.73 bits per heavy atom. The van der Waals surface area contributed by atoms with Gasteiger partial charge in [0.1, 0.15) is 0 Å². The highest BCUT2D eigenvalue weighted by Crippen LogP contribution is 2.21. The molecule has 33 heavy (non-hydrogen) atoms. The van der Waals surface area contributed by atoms with Gasteiger partial charge in [0.15, 0.2) is 5.78 Å². The lowest BCUT2D eigenvalue weighted by Gasteiger charge is -2.22. The molecule has 1 saturated heterocycles. The zero-order valence-corrected chi connectivity index (χ0v) is 19.3. The summed E-state index contributed by atoms with van der Waals surface area (Å²) < 4.78 is 6.69. The molecule has 0 bridgehead atoms. The van der Waals surface area contributed by atoms with Gasteiger partial charge < -0.3 is 9.64 Å². The molecule has 7 heteroatoms. The zero-order chi connectivity index (χ0) is 23.5. The summed E-state index contributed by atoms with van der Waals surface area (Å²) in [5.41, 5.74) is 1.66. The first kappa shape index (κ1) is 24.4. The molecule has 0 aliphatic carbocycles. The van der Waals surface area contributed by atoms with Crippen molar-refractivity contribution in [2.24, 2.45) is 0 Å². The minimum absolute atomic E-state index is 0.0413. The molecule has 0 N–H and O–H groups in total. The largest absolute Gasteiger partial charge is 0.466 e. The van der Waals surface area contributed by atoms with Crippen molar-refractivity contribution < 1.29 is 19.1 Å². The maximum absolute atomic E-state index is 12.6. The molecule has 0 radical (unpaired) electrons. The Morgan fingerprint density at radius 2 is 1.94 bits per heavy atom. The van der Waals surface area contributed by atoms with Gasteiger partial charge in [-0.15, -0.1) is 0 Å². The van der Waals surface area contributed by atoms with Crippen LogP contribution in [0.25, 0.3) is 0 Å².